The molecule has 0 aromatic carbocycles. The molecule has 7 nitrogen and oxygen atoms in total. The highest BCUT2D eigenvalue weighted by atomic mass is 16.3. The molecule has 0 saturated carbocycles. The van der Waals surface area contributed by atoms with Crippen LogP contribution in [-0.4, -0.2) is 47.6 Å². The van der Waals surface area contributed by atoms with Gasteiger partial charge in [-0.15, -0.1) is 5.10 Å². The van der Waals surface area contributed by atoms with Crippen LogP contribution in [0.2, 0.25) is 0 Å². The normalized spacial score (nSPS) is 17.5. The highest BCUT2D eigenvalue weighted by Crippen LogP contribution is 2.24. The van der Waals surface area contributed by atoms with Gasteiger partial charge in [0.2, 0.25) is 0 Å². The molecule has 1 aliphatic heterocycles. The molecular weight excluding hydrogens is 328 g/mol. The number of hydrogen-bond acceptors (Lipinski definition) is 5. The van der Waals surface area contributed by atoms with Crippen LogP contribution in [0.3, 0.4) is 0 Å². The minimum absolute atomic E-state index is 0.358. The smallest absolute Gasteiger partial charge is 0.111 e. The zero-order valence-electron chi connectivity index (χ0n) is 14.9. The van der Waals surface area contributed by atoms with Crippen LogP contribution in [-0.2, 0) is 6.54 Å². The second-order valence-electron chi connectivity index (χ2n) is 6.89. The first kappa shape index (κ1) is 16.9. The van der Waals surface area contributed by atoms with Crippen LogP contribution in [0, 0.1) is 0 Å². The van der Waals surface area contributed by atoms with Gasteiger partial charge in [0, 0.05) is 37.7 Å². The zero-order chi connectivity index (χ0) is 17.9. The molecule has 0 radical (unpaired) electrons. The van der Waals surface area contributed by atoms with Crippen LogP contribution in [0.1, 0.15) is 43.3 Å². The number of aliphatic hydroxyl groups excluding tert-OH is 1. The fraction of sp³-hybridized carbons (Fsp3) is 0.421. The van der Waals surface area contributed by atoms with Gasteiger partial charge in [-0.1, -0.05) is 5.21 Å². The summed E-state index contributed by atoms with van der Waals surface area (Å²) < 4.78 is 4.11. The Labute approximate surface area is 152 Å². The molecule has 4 heterocycles. The molecule has 0 spiro atoms. The molecule has 136 valence electrons. The van der Waals surface area contributed by atoms with Crippen molar-refractivity contribution < 1.29 is 5.11 Å². The standard InChI is InChI=1S/C19H24N6O/c1-15(26)19-14-25(22-21-19)16-6-10-23(11-7-16)13-18-5-3-9-24(18)17-4-2-8-20-12-17/h2-5,8-9,12,14-16,26H,6-7,10-11,13H2,1H3. The number of nitrogens with zero attached hydrogens (tertiary/aromatic N) is 6. The Bertz CT molecular complexity index is 833. The van der Waals surface area contributed by atoms with E-state index in [0.717, 1.165) is 38.2 Å². The van der Waals surface area contributed by atoms with Gasteiger partial charge in [-0.25, -0.2) is 4.68 Å². The lowest BCUT2D eigenvalue weighted by Gasteiger charge is -2.32. The average Bonchev–Trinajstić information content (AvgIpc) is 3.33. The second kappa shape index (κ2) is 7.39. The Kier molecular flexibility index (Phi) is 4.81. The SMILES string of the molecule is CC(O)c1cn(C2CCN(Cc3cccn3-c3cccnc3)CC2)nn1. The van der Waals surface area contributed by atoms with Gasteiger partial charge < -0.3 is 9.67 Å². The lowest BCUT2D eigenvalue weighted by atomic mass is 10.1. The summed E-state index contributed by atoms with van der Waals surface area (Å²) in [5.41, 5.74) is 3.01. The van der Waals surface area contributed by atoms with Crippen molar-refractivity contribution in [3.05, 3.63) is 60.4 Å². The molecule has 0 amide bonds. The molecule has 3 aromatic rings. The fourth-order valence-corrected chi connectivity index (χ4v) is 3.52. The van der Waals surface area contributed by atoms with E-state index >= 15 is 0 Å². The predicted molar refractivity (Wildman–Crippen MR) is 97.8 cm³/mol. The molecule has 1 fully saturated rings. The van der Waals surface area contributed by atoms with Crippen molar-refractivity contribution in [2.75, 3.05) is 13.1 Å². The number of rotatable bonds is 5. The van der Waals surface area contributed by atoms with Gasteiger partial charge in [0.1, 0.15) is 5.69 Å². The van der Waals surface area contributed by atoms with Crippen molar-refractivity contribution in [1.82, 2.24) is 29.4 Å². The van der Waals surface area contributed by atoms with E-state index in [0.29, 0.717) is 11.7 Å². The van der Waals surface area contributed by atoms with E-state index in [4.69, 9.17) is 0 Å². The molecular formula is C19H24N6O. The van der Waals surface area contributed by atoms with E-state index in [1.54, 1.807) is 13.1 Å². The number of aliphatic hydroxyl groups is 1. The molecule has 0 aliphatic carbocycles. The third-order valence-electron chi connectivity index (χ3n) is 5.03. The number of likely N-dealkylation sites (tertiary alicyclic amines) is 1. The van der Waals surface area contributed by atoms with Gasteiger partial charge >= 0.3 is 0 Å². The lowest BCUT2D eigenvalue weighted by molar-refractivity contribution is 0.170. The molecule has 1 unspecified atom stereocenters. The maximum absolute atomic E-state index is 9.61. The van der Waals surface area contributed by atoms with E-state index in [1.165, 1.54) is 5.69 Å². The van der Waals surface area contributed by atoms with Crippen molar-refractivity contribution in [2.45, 2.75) is 38.5 Å². The monoisotopic (exact) mass is 352 g/mol. The first-order chi connectivity index (χ1) is 12.7. The number of hydrogen-bond donors (Lipinski definition) is 1. The van der Waals surface area contributed by atoms with Crippen molar-refractivity contribution in [3.8, 4) is 5.69 Å². The molecule has 1 N–H and O–H groups in total. The summed E-state index contributed by atoms with van der Waals surface area (Å²) in [6, 6.07) is 8.65. The molecule has 3 aromatic heterocycles. The van der Waals surface area contributed by atoms with Gasteiger partial charge in [0.25, 0.3) is 0 Å². The number of pyridine rings is 1. The summed E-state index contributed by atoms with van der Waals surface area (Å²) in [5, 5.41) is 17.9. The Morgan fingerprint density at radius 1 is 1.23 bits per heavy atom. The van der Waals surface area contributed by atoms with Gasteiger partial charge in [0.15, 0.2) is 0 Å². The maximum atomic E-state index is 9.61. The lowest BCUT2D eigenvalue weighted by Crippen LogP contribution is -2.34. The molecule has 1 saturated heterocycles. The topological polar surface area (TPSA) is 72.0 Å². The molecule has 1 aliphatic rings. The third-order valence-corrected chi connectivity index (χ3v) is 5.03. The summed E-state index contributed by atoms with van der Waals surface area (Å²) in [6.45, 7) is 4.68. The van der Waals surface area contributed by atoms with Crippen LogP contribution in [0.15, 0.2) is 49.1 Å². The first-order valence-electron chi connectivity index (χ1n) is 9.09. The fourth-order valence-electron chi connectivity index (χ4n) is 3.52. The summed E-state index contributed by atoms with van der Waals surface area (Å²) in [4.78, 5) is 6.70. The third kappa shape index (κ3) is 3.54. The molecule has 0 bridgehead atoms. The number of aromatic nitrogens is 5. The van der Waals surface area contributed by atoms with Gasteiger partial charge in [-0.2, -0.15) is 0 Å². The summed E-state index contributed by atoms with van der Waals surface area (Å²) in [7, 11) is 0. The average molecular weight is 352 g/mol. The van der Waals surface area contributed by atoms with Crippen LogP contribution in [0.4, 0.5) is 0 Å². The minimum Gasteiger partial charge on any atom is -0.387 e. The van der Waals surface area contributed by atoms with E-state index in [-0.39, 0.29) is 0 Å². The summed E-state index contributed by atoms with van der Waals surface area (Å²) in [6.07, 6.45) is 9.16. The van der Waals surface area contributed by atoms with Crippen LogP contribution in [0.25, 0.3) is 5.69 Å². The molecule has 7 heteroatoms. The Morgan fingerprint density at radius 2 is 2.08 bits per heavy atom. The van der Waals surface area contributed by atoms with E-state index in [2.05, 4.69) is 49.2 Å². The van der Waals surface area contributed by atoms with Gasteiger partial charge in [-0.05, 0) is 44.0 Å². The van der Waals surface area contributed by atoms with Crippen molar-refractivity contribution in [2.24, 2.45) is 0 Å². The molecule has 26 heavy (non-hydrogen) atoms. The van der Waals surface area contributed by atoms with Gasteiger partial charge in [0.05, 0.1) is 30.2 Å². The van der Waals surface area contributed by atoms with Crippen LogP contribution in [0.5, 0.6) is 0 Å². The Balaban J connectivity index is 1.38. The highest BCUT2D eigenvalue weighted by molar-refractivity contribution is 5.32. The van der Waals surface area contributed by atoms with Crippen molar-refractivity contribution in [1.29, 1.82) is 0 Å². The summed E-state index contributed by atoms with van der Waals surface area (Å²) >= 11 is 0. The summed E-state index contributed by atoms with van der Waals surface area (Å²) in [5.74, 6) is 0. The van der Waals surface area contributed by atoms with Crippen LogP contribution >= 0.6 is 0 Å². The minimum atomic E-state index is -0.566. The zero-order valence-corrected chi connectivity index (χ0v) is 14.9. The predicted octanol–water partition coefficient (Wildman–Crippen LogP) is 2.35. The second-order valence-corrected chi connectivity index (χ2v) is 6.89. The van der Waals surface area contributed by atoms with E-state index in [1.807, 2.05) is 23.1 Å². The van der Waals surface area contributed by atoms with Crippen molar-refractivity contribution in [3.63, 3.8) is 0 Å². The number of piperidine rings is 1. The Morgan fingerprint density at radius 3 is 2.77 bits per heavy atom. The van der Waals surface area contributed by atoms with E-state index in [9.17, 15) is 5.11 Å². The molecule has 4 rings (SSSR count). The molecule has 1 atom stereocenters. The Hall–Kier alpha value is -2.51. The van der Waals surface area contributed by atoms with Gasteiger partial charge in [-0.3, -0.25) is 9.88 Å². The highest BCUT2D eigenvalue weighted by Gasteiger charge is 2.23. The van der Waals surface area contributed by atoms with E-state index < -0.39 is 6.10 Å². The maximum Gasteiger partial charge on any atom is 0.111 e. The van der Waals surface area contributed by atoms with Crippen molar-refractivity contribution >= 4 is 0 Å². The quantitative estimate of drug-likeness (QED) is 0.763. The largest absolute Gasteiger partial charge is 0.387 e. The van der Waals surface area contributed by atoms with Crippen LogP contribution < -0.4 is 0 Å². The first-order valence-corrected chi connectivity index (χ1v) is 9.09.